The summed E-state index contributed by atoms with van der Waals surface area (Å²) in [6.45, 7) is 7.91. The van der Waals surface area contributed by atoms with E-state index in [1.165, 1.54) is 0 Å². The van der Waals surface area contributed by atoms with E-state index in [1.807, 2.05) is 74.8 Å². The number of imidazole rings is 1. The normalized spacial score (nSPS) is 11.2. The van der Waals surface area contributed by atoms with E-state index in [4.69, 9.17) is 0 Å². The van der Waals surface area contributed by atoms with Gasteiger partial charge in [0.15, 0.2) is 0 Å². The fraction of sp³-hybridized carbons (Fsp3) is 0.409. The Bertz CT molecular complexity index is 957. The summed E-state index contributed by atoms with van der Waals surface area (Å²) in [5.41, 5.74) is 4.85. The second kappa shape index (κ2) is 9.05. The van der Waals surface area contributed by atoms with Gasteiger partial charge in [0.2, 0.25) is 5.91 Å². The third-order valence-corrected chi connectivity index (χ3v) is 5.06. The number of carbonyl (C=O) groups is 1. The Morgan fingerprint density at radius 2 is 1.83 bits per heavy atom. The van der Waals surface area contributed by atoms with Crippen LogP contribution < -0.4 is 0 Å². The molecular weight excluding hydrogens is 364 g/mol. The Morgan fingerprint density at radius 3 is 2.45 bits per heavy atom. The van der Waals surface area contributed by atoms with Crippen molar-refractivity contribution in [3.8, 4) is 5.69 Å². The molecule has 0 fully saturated rings. The van der Waals surface area contributed by atoms with E-state index in [0.29, 0.717) is 19.5 Å². The lowest BCUT2D eigenvalue weighted by Crippen LogP contribution is -2.37. The third-order valence-electron chi connectivity index (χ3n) is 5.06. The number of rotatable bonds is 8. The molecule has 3 rings (SSSR count). The molecule has 0 radical (unpaired) electrons. The predicted octanol–water partition coefficient (Wildman–Crippen LogP) is 2.65. The van der Waals surface area contributed by atoms with E-state index in [9.17, 15) is 4.79 Å². The zero-order chi connectivity index (χ0) is 21.0. The maximum atomic E-state index is 13.2. The highest BCUT2D eigenvalue weighted by Gasteiger charge is 2.21. The van der Waals surface area contributed by atoms with Gasteiger partial charge in [0.1, 0.15) is 5.82 Å². The van der Waals surface area contributed by atoms with Crippen molar-refractivity contribution in [2.45, 2.75) is 33.7 Å². The van der Waals surface area contributed by atoms with Crippen LogP contribution in [0.15, 0.2) is 36.5 Å². The Kier molecular flexibility index (Phi) is 6.49. The van der Waals surface area contributed by atoms with Gasteiger partial charge in [-0.15, -0.1) is 0 Å². The van der Waals surface area contributed by atoms with Gasteiger partial charge in [-0.2, -0.15) is 5.10 Å². The first kappa shape index (κ1) is 20.8. The molecule has 0 aliphatic carbocycles. The van der Waals surface area contributed by atoms with Crippen LogP contribution in [0.3, 0.4) is 0 Å². The standard InChI is InChI=1S/C22H30N6O/c1-16-21(17(2)28(25-16)20-9-7-6-8-10-20)13-22(29)27(12-11-26(4)5)15-19-14-23-18(3)24-19/h6-10,14H,11-13,15H2,1-5H3,(H,23,24). The van der Waals surface area contributed by atoms with Crippen LogP contribution in [0.4, 0.5) is 0 Å². The first-order valence-corrected chi connectivity index (χ1v) is 9.88. The van der Waals surface area contributed by atoms with Crippen molar-refractivity contribution in [1.82, 2.24) is 29.5 Å². The summed E-state index contributed by atoms with van der Waals surface area (Å²) in [4.78, 5) is 24.7. The smallest absolute Gasteiger partial charge is 0.227 e. The van der Waals surface area contributed by atoms with Crippen LogP contribution in [-0.2, 0) is 17.8 Å². The molecule has 2 heterocycles. The van der Waals surface area contributed by atoms with Crippen molar-refractivity contribution in [1.29, 1.82) is 0 Å². The van der Waals surface area contributed by atoms with Crippen LogP contribution in [-0.4, -0.2) is 62.6 Å². The maximum Gasteiger partial charge on any atom is 0.227 e. The van der Waals surface area contributed by atoms with E-state index < -0.39 is 0 Å². The zero-order valence-electron chi connectivity index (χ0n) is 17.9. The van der Waals surface area contributed by atoms with Gasteiger partial charge in [-0.3, -0.25) is 4.79 Å². The van der Waals surface area contributed by atoms with E-state index in [-0.39, 0.29) is 5.91 Å². The van der Waals surface area contributed by atoms with Gasteiger partial charge in [0.25, 0.3) is 0 Å². The molecule has 0 unspecified atom stereocenters. The van der Waals surface area contributed by atoms with Gasteiger partial charge in [-0.1, -0.05) is 18.2 Å². The lowest BCUT2D eigenvalue weighted by Gasteiger charge is -2.24. The second-order valence-electron chi connectivity index (χ2n) is 7.69. The molecular formula is C22H30N6O. The summed E-state index contributed by atoms with van der Waals surface area (Å²) in [5.74, 6) is 0.953. The number of carbonyl (C=O) groups excluding carboxylic acids is 1. The molecule has 7 nitrogen and oxygen atoms in total. The summed E-state index contributed by atoms with van der Waals surface area (Å²) in [6.07, 6.45) is 2.14. The molecule has 0 bridgehead atoms. The molecule has 0 saturated carbocycles. The third kappa shape index (κ3) is 5.12. The van der Waals surface area contributed by atoms with E-state index in [2.05, 4.69) is 20.0 Å². The Balaban J connectivity index is 1.80. The molecule has 3 aromatic rings. The molecule has 0 aliphatic heterocycles. The van der Waals surface area contributed by atoms with Crippen molar-refractivity contribution in [3.05, 3.63) is 65.0 Å². The van der Waals surface area contributed by atoms with Gasteiger partial charge in [0.05, 0.1) is 36.2 Å². The Labute approximate surface area is 172 Å². The molecule has 7 heteroatoms. The van der Waals surface area contributed by atoms with Gasteiger partial charge < -0.3 is 14.8 Å². The fourth-order valence-electron chi connectivity index (χ4n) is 3.38. The lowest BCUT2D eigenvalue weighted by molar-refractivity contribution is -0.131. The first-order chi connectivity index (χ1) is 13.8. The van der Waals surface area contributed by atoms with Crippen LogP contribution in [0.2, 0.25) is 0 Å². The lowest BCUT2D eigenvalue weighted by atomic mass is 10.1. The number of likely N-dealkylation sites (N-methyl/N-ethyl adjacent to an activating group) is 1. The summed E-state index contributed by atoms with van der Waals surface area (Å²) >= 11 is 0. The average molecular weight is 395 g/mol. The van der Waals surface area contributed by atoms with Crippen molar-refractivity contribution in [3.63, 3.8) is 0 Å². The Hall–Kier alpha value is -2.93. The van der Waals surface area contributed by atoms with Gasteiger partial charge >= 0.3 is 0 Å². The molecule has 0 atom stereocenters. The van der Waals surface area contributed by atoms with Crippen molar-refractivity contribution in [2.75, 3.05) is 27.2 Å². The van der Waals surface area contributed by atoms with Crippen LogP contribution in [0.1, 0.15) is 28.5 Å². The number of aryl methyl sites for hydroxylation is 2. The fourth-order valence-corrected chi connectivity index (χ4v) is 3.38. The number of aromatic nitrogens is 4. The SMILES string of the molecule is Cc1ncc(CN(CCN(C)C)C(=O)Cc2c(C)nn(-c3ccccc3)c2C)[nH]1. The number of nitrogens with zero attached hydrogens (tertiary/aromatic N) is 5. The van der Waals surface area contributed by atoms with Gasteiger partial charge in [0, 0.05) is 24.3 Å². The van der Waals surface area contributed by atoms with Crippen LogP contribution >= 0.6 is 0 Å². The number of benzene rings is 1. The summed E-state index contributed by atoms with van der Waals surface area (Å²) in [7, 11) is 4.03. The zero-order valence-corrected chi connectivity index (χ0v) is 17.9. The Morgan fingerprint density at radius 1 is 1.10 bits per heavy atom. The minimum Gasteiger partial charge on any atom is -0.345 e. The highest BCUT2D eigenvalue weighted by atomic mass is 16.2. The van der Waals surface area contributed by atoms with E-state index in [1.54, 1.807) is 6.20 Å². The molecule has 1 N–H and O–H groups in total. The van der Waals surface area contributed by atoms with Gasteiger partial charge in [-0.05, 0) is 47.0 Å². The number of aromatic amines is 1. The largest absolute Gasteiger partial charge is 0.345 e. The van der Waals surface area contributed by atoms with Crippen molar-refractivity contribution in [2.24, 2.45) is 0 Å². The quantitative estimate of drug-likeness (QED) is 0.638. The number of amides is 1. The maximum absolute atomic E-state index is 13.2. The number of hydrogen-bond donors (Lipinski definition) is 1. The number of H-pyrrole nitrogens is 1. The van der Waals surface area contributed by atoms with Crippen LogP contribution in [0, 0.1) is 20.8 Å². The molecule has 154 valence electrons. The molecule has 1 aromatic carbocycles. The van der Waals surface area contributed by atoms with E-state index in [0.717, 1.165) is 40.7 Å². The van der Waals surface area contributed by atoms with E-state index >= 15 is 0 Å². The molecule has 0 spiro atoms. The molecule has 29 heavy (non-hydrogen) atoms. The monoisotopic (exact) mass is 394 g/mol. The molecule has 1 amide bonds. The highest BCUT2D eigenvalue weighted by Crippen LogP contribution is 2.19. The van der Waals surface area contributed by atoms with Crippen molar-refractivity contribution < 1.29 is 4.79 Å². The molecule has 0 saturated heterocycles. The predicted molar refractivity (Wildman–Crippen MR) is 114 cm³/mol. The van der Waals surface area contributed by atoms with Crippen molar-refractivity contribution >= 4 is 5.91 Å². The number of nitrogens with one attached hydrogen (secondary N) is 1. The highest BCUT2D eigenvalue weighted by molar-refractivity contribution is 5.79. The summed E-state index contributed by atoms with van der Waals surface area (Å²) in [5, 5.41) is 4.68. The van der Waals surface area contributed by atoms with Crippen LogP contribution in [0.25, 0.3) is 5.69 Å². The molecule has 0 aliphatic rings. The minimum atomic E-state index is 0.0953. The summed E-state index contributed by atoms with van der Waals surface area (Å²) in [6, 6.07) is 10.0. The first-order valence-electron chi connectivity index (χ1n) is 9.88. The van der Waals surface area contributed by atoms with Gasteiger partial charge in [-0.25, -0.2) is 9.67 Å². The number of hydrogen-bond acceptors (Lipinski definition) is 4. The second-order valence-corrected chi connectivity index (χ2v) is 7.69. The average Bonchev–Trinajstić information content (AvgIpc) is 3.23. The van der Waals surface area contributed by atoms with Crippen LogP contribution in [0.5, 0.6) is 0 Å². The topological polar surface area (TPSA) is 70.1 Å². The minimum absolute atomic E-state index is 0.0953. The summed E-state index contributed by atoms with van der Waals surface area (Å²) < 4.78 is 1.92. The number of para-hydroxylation sites is 1. The molecule has 2 aromatic heterocycles.